The van der Waals surface area contributed by atoms with E-state index in [1.807, 2.05) is 6.92 Å². The number of hydrogen-bond acceptors (Lipinski definition) is 3. The third kappa shape index (κ3) is 4.16. The molecular formula is C12H18FNO2. The maximum atomic E-state index is 12.9. The van der Waals surface area contributed by atoms with Crippen molar-refractivity contribution in [3.05, 3.63) is 29.6 Å². The van der Waals surface area contributed by atoms with Crippen LogP contribution in [0.1, 0.15) is 25.8 Å². The Balaban J connectivity index is 2.49. The molecule has 0 aliphatic carbocycles. The van der Waals surface area contributed by atoms with Crippen molar-refractivity contribution in [3.63, 3.8) is 0 Å². The quantitative estimate of drug-likeness (QED) is 0.718. The molecule has 0 aliphatic heterocycles. The van der Waals surface area contributed by atoms with Crippen molar-refractivity contribution >= 4 is 0 Å². The predicted molar refractivity (Wildman–Crippen MR) is 60.7 cm³/mol. The summed E-state index contributed by atoms with van der Waals surface area (Å²) in [5, 5.41) is 21.9. The minimum absolute atomic E-state index is 0.0842. The zero-order valence-corrected chi connectivity index (χ0v) is 9.63. The molecule has 1 atom stereocenters. The molecule has 3 N–H and O–H groups in total. The Morgan fingerprint density at radius 3 is 2.62 bits per heavy atom. The fourth-order valence-corrected chi connectivity index (χ4v) is 1.34. The molecule has 0 saturated carbocycles. The first kappa shape index (κ1) is 12.9. The molecule has 0 aliphatic rings. The molecule has 1 aromatic rings. The normalized spacial score (nSPS) is 14.8. The summed E-state index contributed by atoms with van der Waals surface area (Å²) in [7, 11) is 0. The molecule has 1 rings (SSSR count). The minimum Gasteiger partial charge on any atom is -0.508 e. The van der Waals surface area contributed by atoms with E-state index in [1.54, 1.807) is 6.92 Å². The van der Waals surface area contributed by atoms with E-state index in [0.717, 1.165) is 6.07 Å². The van der Waals surface area contributed by atoms with Crippen LogP contribution >= 0.6 is 0 Å². The van der Waals surface area contributed by atoms with Crippen LogP contribution in [0.2, 0.25) is 0 Å². The van der Waals surface area contributed by atoms with Crippen molar-refractivity contribution in [2.24, 2.45) is 0 Å². The molecule has 0 heterocycles. The molecule has 0 spiro atoms. The minimum atomic E-state index is -0.755. The molecule has 16 heavy (non-hydrogen) atoms. The van der Waals surface area contributed by atoms with Crippen molar-refractivity contribution < 1.29 is 14.6 Å². The van der Waals surface area contributed by atoms with E-state index < -0.39 is 11.4 Å². The molecule has 0 aromatic heterocycles. The monoisotopic (exact) mass is 227 g/mol. The lowest BCUT2D eigenvalue weighted by Crippen LogP contribution is -2.36. The van der Waals surface area contributed by atoms with Gasteiger partial charge in [0.15, 0.2) is 0 Å². The van der Waals surface area contributed by atoms with E-state index in [-0.39, 0.29) is 5.75 Å². The smallest absolute Gasteiger partial charge is 0.127 e. The standard InChI is InChI=1S/C12H18FNO2/c1-3-12(2,16)8-14-7-9-4-10(13)6-11(15)5-9/h4-6,14-16H,3,7-8H2,1-2H3. The van der Waals surface area contributed by atoms with Gasteiger partial charge in [-0.3, -0.25) is 0 Å². The Hall–Kier alpha value is -1.13. The average molecular weight is 227 g/mol. The molecule has 0 radical (unpaired) electrons. The second kappa shape index (κ2) is 5.27. The van der Waals surface area contributed by atoms with E-state index in [0.29, 0.717) is 25.1 Å². The zero-order chi connectivity index (χ0) is 12.2. The highest BCUT2D eigenvalue weighted by molar-refractivity contribution is 5.28. The van der Waals surface area contributed by atoms with Crippen LogP contribution in [0.25, 0.3) is 0 Å². The van der Waals surface area contributed by atoms with Crippen LogP contribution in [0.5, 0.6) is 5.75 Å². The number of hydrogen-bond donors (Lipinski definition) is 3. The second-order valence-corrected chi connectivity index (χ2v) is 4.27. The molecule has 3 nitrogen and oxygen atoms in total. The molecule has 4 heteroatoms. The number of aromatic hydroxyl groups is 1. The van der Waals surface area contributed by atoms with Crippen LogP contribution in [0.4, 0.5) is 4.39 Å². The summed E-state index contributed by atoms with van der Waals surface area (Å²) < 4.78 is 12.9. The summed E-state index contributed by atoms with van der Waals surface area (Å²) in [6.45, 7) is 4.49. The molecule has 90 valence electrons. The van der Waals surface area contributed by atoms with Gasteiger partial charge in [-0.25, -0.2) is 4.39 Å². The first-order valence-corrected chi connectivity index (χ1v) is 5.34. The Kier molecular flexibility index (Phi) is 4.26. The summed E-state index contributed by atoms with van der Waals surface area (Å²) in [4.78, 5) is 0. The van der Waals surface area contributed by atoms with Gasteiger partial charge in [0.05, 0.1) is 5.60 Å². The molecule has 0 saturated heterocycles. The number of phenolic OH excluding ortho intramolecular Hbond substituents is 1. The Labute approximate surface area is 94.9 Å². The summed E-state index contributed by atoms with van der Waals surface area (Å²) in [6.07, 6.45) is 0.647. The first-order valence-electron chi connectivity index (χ1n) is 5.34. The molecule has 0 fully saturated rings. The topological polar surface area (TPSA) is 52.5 Å². The molecule has 0 amide bonds. The Morgan fingerprint density at radius 2 is 2.06 bits per heavy atom. The molecule has 1 unspecified atom stereocenters. The van der Waals surface area contributed by atoms with Gasteiger partial charge in [0.1, 0.15) is 11.6 Å². The number of phenols is 1. The van der Waals surface area contributed by atoms with Crippen molar-refractivity contribution in [1.82, 2.24) is 5.32 Å². The molecule has 1 aromatic carbocycles. The van der Waals surface area contributed by atoms with Gasteiger partial charge in [-0.15, -0.1) is 0 Å². The van der Waals surface area contributed by atoms with Crippen LogP contribution in [0.3, 0.4) is 0 Å². The maximum Gasteiger partial charge on any atom is 0.127 e. The molecular weight excluding hydrogens is 209 g/mol. The van der Waals surface area contributed by atoms with Gasteiger partial charge < -0.3 is 15.5 Å². The van der Waals surface area contributed by atoms with Gasteiger partial charge in [-0.05, 0) is 31.0 Å². The van der Waals surface area contributed by atoms with Crippen LogP contribution in [-0.2, 0) is 6.54 Å². The summed E-state index contributed by atoms with van der Waals surface area (Å²) >= 11 is 0. The summed E-state index contributed by atoms with van der Waals surface area (Å²) in [5.74, 6) is -0.543. The van der Waals surface area contributed by atoms with E-state index in [1.165, 1.54) is 12.1 Å². The largest absolute Gasteiger partial charge is 0.508 e. The number of rotatable bonds is 5. The number of benzene rings is 1. The maximum absolute atomic E-state index is 12.9. The van der Waals surface area contributed by atoms with Crippen molar-refractivity contribution in [1.29, 1.82) is 0 Å². The van der Waals surface area contributed by atoms with Crippen LogP contribution in [0, 0.1) is 5.82 Å². The van der Waals surface area contributed by atoms with Crippen molar-refractivity contribution in [2.75, 3.05) is 6.54 Å². The SMILES string of the molecule is CCC(C)(O)CNCc1cc(O)cc(F)c1. The number of halogens is 1. The highest BCUT2D eigenvalue weighted by Gasteiger charge is 2.16. The van der Waals surface area contributed by atoms with E-state index in [4.69, 9.17) is 0 Å². The highest BCUT2D eigenvalue weighted by atomic mass is 19.1. The van der Waals surface area contributed by atoms with Gasteiger partial charge in [0, 0.05) is 19.2 Å². The lowest BCUT2D eigenvalue weighted by atomic mass is 10.0. The van der Waals surface area contributed by atoms with E-state index in [9.17, 15) is 14.6 Å². The summed E-state index contributed by atoms with van der Waals surface area (Å²) in [6, 6.07) is 3.91. The summed E-state index contributed by atoms with van der Waals surface area (Å²) in [5.41, 5.74) is -0.0977. The van der Waals surface area contributed by atoms with Crippen LogP contribution in [0.15, 0.2) is 18.2 Å². The predicted octanol–water partition coefficient (Wildman–Crippen LogP) is 1.78. The van der Waals surface area contributed by atoms with Crippen LogP contribution in [-0.4, -0.2) is 22.4 Å². The third-order valence-electron chi connectivity index (χ3n) is 2.54. The van der Waals surface area contributed by atoms with Gasteiger partial charge in [-0.2, -0.15) is 0 Å². The number of nitrogens with one attached hydrogen (secondary N) is 1. The Bertz CT molecular complexity index is 333. The zero-order valence-electron chi connectivity index (χ0n) is 9.63. The van der Waals surface area contributed by atoms with Crippen molar-refractivity contribution in [3.8, 4) is 5.75 Å². The van der Waals surface area contributed by atoms with Gasteiger partial charge in [0.25, 0.3) is 0 Å². The van der Waals surface area contributed by atoms with Gasteiger partial charge in [0.2, 0.25) is 0 Å². The average Bonchev–Trinajstić information content (AvgIpc) is 2.16. The van der Waals surface area contributed by atoms with Crippen LogP contribution < -0.4 is 5.32 Å². The van der Waals surface area contributed by atoms with Crippen molar-refractivity contribution in [2.45, 2.75) is 32.4 Å². The van der Waals surface area contributed by atoms with Gasteiger partial charge in [-0.1, -0.05) is 6.92 Å². The third-order valence-corrected chi connectivity index (χ3v) is 2.54. The number of aliphatic hydroxyl groups is 1. The first-order chi connectivity index (χ1) is 7.43. The van der Waals surface area contributed by atoms with E-state index >= 15 is 0 Å². The van der Waals surface area contributed by atoms with E-state index in [2.05, 4.69) is 5.32 Å². The second-order valence-electron chi connectivity index (χ2n) is 4.27. The lowest BCUT2D eigenvalue weighted by molar-refractivity contribution is 0.0555. The molecule has 0 bridgehead atoms. The fourth-order valence-electron chi connectivity index (χ4n) is 1.34. The fraction of sp³-hybridized carbons (Fsp3) is 0.500. The lowest BCUT2D eigenvalue weighted by Gasteiger charge is -2.21. The highest BCUT2D eigenvalue weighted by Crippen LogP contribution is 2.14. The van der Waals surface area contributed by atoms with Gasteiger partial charge >= 0.3 is 0 Å². The Morgan fingerprint density at radius 1 is 1.38 bits per heavy atom.